The SMILES string of the molecule is C#CC.CC.CC.CC.CC/C=C(Cl)\C=C/Cc1ccc(N(CC)S(=O)(=O)CC)cc1COC. The third-order valence-electron chi connectivity index (χ3n) is 3.78. The first-order valence-electron chi connectivity index (χ1n) is 12.3. The zero-order chi connectivity index (χ0) is 27.6. The summed E-state index contributed by atoms with van der Waals surface area (Å²) < 4.78 is 31.2. The van der Waals surface area contributed by atoms with E-state index in [1.165, 1.54) is 4.31 Å². The topological polar surface area (TPSA) is 46.6 Å². The second-order valence-electron chi connectivity index (χ2n) is 5.84. The fourth-order valence-corrected chi connectivity index (χ4v) is 3.90. The highest BCUT2D eigenvalue weighted by Gasteiger charge is 2.19. The molecule has 0 heterocycles. The first kappa shape index (κ1) is 39.5. The Bertz CT molecular complexity index is 794. The average Bonchev–Trinajstić information content (AvgIpc) is 2.85. The Morgan fingerprint density at radius 1 is 1.09 bits per heavy atom. The number of terminal acetylenes is 1. The molecule has 4 nitrogen and oxygen atoms in total. The molecule has 0 spiro atoms. The van der Waals surface area contributed by atoms with Gasteiger partial charge in [0.25, 0.3) is 0 Å². The molecule has 1 aromatic carbocycles. The van der Waals surface area contributed by atoms with E-state index in [1.807, 2.05) is 91.8 Å². The molecule has 0 aromatic heterocycles. The van der Waals surface area contributed by atoms with Crippen LogP contribution in [-0.2, 0) is 27.8 Å². The summed E-state index contributed by atoms with van der Waals surface area (Å²) in [6.45, 7) is 20.0. The van der Waals surface area contributed by atoms with Crippen molar-refractivity contribution in [2.75, 3.05) is 23.7 Å². The van der Waals surface area contributed by atoms with E-state index in [9.17, 15) is 8.42 Å². The highest BCUT2D eigenvalue weighted by atomic mass is 35.5. The second kappa shape index (κ2) is 27.5. The molecule has 1 rings (SSSR count). The molecule has 0 saturated carbocycles. The van der Waals surface area contributed by atoms with Gasteiger partial charge in [-0.15, -0.1) is 12.3 Å². The van der Waals surface area contributed by atoms with Gasteiger partial charge < -0.3 is 4.74 Å². The quantitative estimate of drug-likeness (QED) is 0.232. The number of hydrogen-bond donors (Lipinski definition) is 0. The predicted octanol–water partition coefficient (Wildman–Crippen LogP) is 8.36. The van der Waals surface area contributed by atoms with Gasteiger partial charge in [-0.1, -0.05) is 78.3 Å². The second-order valence-corrected chi connectivity index (χ2v) is 8.46. The van der Waals surface area contributed by atoms with Crippen molar-refractivity contribution >= 4 is 27.3 Å². The molecule has 0 bridgehead atoms. The van der Waals surface area contributed by atoms with E-state index < -0.39 is 10.0 Å². The van der Waals surface area contributed by atoms with E-state index in [0.29, 0.717) is 25.3 Å². The number of anilines is 1. The lowest BCUT2D eigenvalue weighted by molar-refractivity contribution is 0.184. The Morgan fingerprint density at radius 3 is 2.03 bits per heavy atom. The summed E-state index contributed by atoms with van der Waals surface area (Å²) in [7, 11) is -1.66. The normalized spacial score (nSPS) is 10.1. The van der Waals surface area contributed by atoms with E-state index in [2.05, 4.69) is 12.3 Å². The summed E-state index contributed by atoms with van der Waals surface area (Å²) in [5.74, 6) is 2.33. The number of nitrogens with zero attached hydrogens (tertiary/aromatic N) is 1. The maximum absolute atomic E-state index is 12.3. The van der Waals surface area contributed by atoms with Crippen molar-refractivity contribution in [3.05, 3.63) is 52.6 Å². The van der Waals surface area contributed by atoms with E-state index >= 15 is 0 Å². The van der Waals surface area contributed by atoms with Gasteiger partial charge >= 0.3 is 0 Å². The van der Waals surface area contributed by atoms with Gasteiger partial charge in [0.15, 0.2) is 0 Å². The van der Waals surface area contributed by atoms with Crippen LogP contribution in [0.1, 0.15) is 86.8 Å². The smallest absolute Gasteiger partial charge is 0.234 e. The molecule has 0 aliphatic carbocycles. The van der Waals surface area contributed by atoms with Gasteiger partial charge in [0.1, 0.15) is 0 Å². The van der Waals surface area contributed by atoms with Crippen LogP contribution in [0.5, 0.6) is 0 Å². The lowest BCUT2D eigenvalue weighted by Gasteiger charge is -2.23. The maximum atomic E-state index is 12.3. The fourth-order valence-electron chi connectivity index (χ4n) is 2.51. The lowest BCUT2D eigenvalue weighted by atomic mass is 10.0. The van der Waals surface area contributed by atoms with Crippen molar-refractivity contribution in [3.8, 4) is 12.3 Å². The molecule has 0 aliphatic heterocycles. The summed E-state index contributed by atoms with van der Waals surface area (Å²) in [5, 5.41) is 0.721. The number of halogens is 1. The van der Waals surface area contributed by atoms with Crippen LogP contribution >= 0.6 is 11.6 Å². The van der Waals surface area contributed by atoms with Crippen LogP contribution in [-0.4, -0.2) is 27.8 Å². The number of benzene rings is 1. The molecule has 0 radical (unpaired) electrons. The molecule has 0 atom stereocenters. The Morgan fingerprint density at radius 2 is 1.62 bits per heavy atom. The summed E-state index contributed by atoms with van der Waals surface area (Å²) >= 11 is 6.08. The molecule has 0 saturated heterocycles. The van der Waals surface area contributed by atoms with Gasteiger partial charge in [-0.05, 0) is 62.9 Å². The van der Waals surface area contributed by atoms with Crippen molar-refractivity contribution in [2.45, 2.75) is 88.7 Å². The van der Waals surface area contributed by atoms with Gasteiger partial charge in [0, 0.05) is 18.7 Å². The van der Waals surface area contributed by atoms with Gasteiger partial charge in [-0.2, -0.15) is 0 Å². The van der Waals surface area contributed by atoms with Crippen LogP contribution in [0.25, 0.3) is 0 Å². The standard InChI is InChI=1S/C19H28ClNO3S.C3H4.3C2H6/c1-5-9-18(20)11-8-10-16-12-13-19(14-17(16)15-24-4)21(6-2)25(22,23)7-3;1-3-2;3*1-2/h8-9,11-14H,5-7,10,15H2,1-4H3;1H,2H3;3*1-2H3/b11-8-,18-9+;;;;. The highest BCUT2D eigenvalue weighted by molar-refractivity contribution is 7.92. The zero-order valence-electron chi connectivity index (χ0n) is 23.5. The maximum Gasteiger partial charge on any atom is 0.234 e. The predicted molar refractivity (Wildman–Crippen MR) is 155 cm³/mol. The molecule has 0 aliphatic rings. The van der Waals surface area contributed by atoms with Crippen molar-refractivity contribution in [1.82, 2.24) is 0 Å². The largest absolute Gasteiger partial charge is 0.380 e. The molecule has 0 fully saturated rings. The van der Waals surface area contributed by atoms with Gasteiger partial charge in [0.2, 0.25) is 10.0 Å². The van der Waals surface area contributed by atoms with E-state index in [1.54, 1.807) is 21.0 Å². The Balaban J connectivity index is -0.000000440. The van der Waals surface area contributed by atoms with E-state index in [4.69, 9.17) is 16.3 Å². The molecular weight excluding hydrogens is 466 g/mol. The molecule has 6 heteroatoms. The Kier molecular flexibility index (Phi) is 31.9. The van der Waals surface area contributed by atoms with E-state index in [-0.39, 0.29) is 5.75 Å². The number of hydrogen-bond acceptors (Lipinski definition) is 3. The molecule has 34 heavy (non-hydrogen) atoms. The van der Waals surface area contributed by atoms with Crippen molar-refractivity contribution in [1.29, 1.82) is 0 Å². The third kappa shape index (κ3) is 17.7. The number of ether oxygens (including phenoxy) is 1. The first-order valence-corrected chi connectivity index (χ1v) is 14.3. The fraction of sp³-hybridized carbons (Fsp3) is 0.571. The van der Waals surface area contributed by atoms with Crippen molar-refractivity contribution < 1.29 is 13.2 Å². The van der Waals surface area contributed by atoms with Gasteiger partial charge in [-0.3, -0.25) is 4.31 Å². The van der Waals surface area contributed by atoms with Gasteiger partial charge in [-0.25, -0.2) is 8.42 Å². The molecule has 0 N–H and O–H groups in total. The summed E-state index contributed by atoms with van der Waals surface area (Å²) in [6.07, 6.45) is 12.0. The van der Waals surface area contributed by atoms with Crippen LogP contribution in [0.3, 0.4) is 0 Å². The molecule has 1 aromatic rings. The first-order chi connectivity index (χ1) is 16.3. The van der Waals surface area contributed by atoms with E-state index in [0.717, 1.165) is 22.6 Å². The highest BCUT2D eigenvalue weighted by Crippen LogP contribution is 2.24. The van der Waals surface area contributed by atoms with Crippen LogP contribution in [0.2, 0.25) is 0 Å². The minimum Gasteiger partial charge on any atom is -0.380 e. The number of allylic oxidation sites excluding steroid dienone is 4. The van der Waals surface area contributed by atoms with Crippen molar-refractivity contribution in [3.63, 3.8) is 0 Å². The molecule has 198 valence electrons. The van der Waals surface area contributed by atoms with Crippen molar-refractivity contribution in [2.24, 2.45) is 0 Å². The van der Waals surface area contributed by atoms with Crippen LogP contribution in [0, 0.1) is 12.3 Å². The summed E-state index contributed by atoms with van der Waals surface area (Å²) in [4.78, 5) is 0. The number of rotatable bonds is 10. The summed E-state index contributed by atoms with van der Waals surface area (Å²) in [5.41, 5.74) is 2.74. The van der Waals surface area contributed by atoms with Crippen LogP contribution in [0.4, 0.5) is 5.69 Å². The Labute approximate surface area is 217 Å². The zero-order valence-corrected chi connectivity index (χ0v) is 25.1. The Hall–Kier alpha value is -1.74. The molecular formula is C28H50ClNO3S. The average molecular weight is 516 g/mol. The van der Waals surface area contributed by atoms with Crippen LogP contribution < -0.4 is 4.31 Å². The summed E-state index contributed by atoms with van der Waals surface area (Å²) in [6, 6.07) is 5.70. The van der Waals surface area contributed by atoms with Crippen LogP contribution in [0.15, 0.2) is 41.5 Å². The number of sulfonamides is 1. The minimum absolute atomic E-state index is 0.0766. The lowest BCUT2D eigenvalue weighted by Crippen LogP contribution is -2.32. The molecule has 0 amide bonds. The third-order valence-corrected chi connectivity index (χ3v) is 5.93. The minimum atomic E-state index is -3.29. The number of methoxy groups -OCH3 is 1. The monoisotopic (exact) mass is 515 g/mol. The molecule has 0 unspecified atom stereocenters. The van der Waals surface area contributed by atoms with Gasteiger partial charge in [0.05, 0.1) is 18.0 Å².